The van der Waals surface area contributed by atoms with Crippen molar-refractivity contribution in [1.82, 2.24) is 4.90 Å². The number of rotatable bonds is 4. The minimum absolute atomic E-state index is 0. The number of nitrogens with zero attached hydrogens (tertiary/aromatic N) is 1. The van der Waals surface area contributed by atoms with E-state index in [4.69, 9.17) is 10.8 Å². The highest BCUT2D eigenvalue weighted by Gasteiger charge is 2.28. The second-order valence-corrected chi connectivity index (χ2v) is 4.30. The van der Waals surface area contributed by atoms with Gasteiger partial charge in [-0.05, 0) is 20.3 Å². The molecule has 5 nitrogen and oxygen atoms in total. The molecule has 0 aromatic heterocycles. The Hall–Kier alpha value is -0.880. The van der Waals surface area contributed by atoms with Crippen LogP contribution in [0.25, 0.3) is 0 Å². The summed E-state index contributed by atoms with van der Waals surface area (Å²) in [7, 11) is 0. The molecule has 0 aromatic rings. The smallest absolute Gasteiger partial charge is 0.304 e. The Morgan fingerprint density at radius 2 is 2.00 bits per heavy atom. The van der Waals surface area contributed by atoms with Crippen molar-refractivity contribution in [3.63, 3.8) is 0 Å². The van der Waals surface area contributed by atoms with Crippen molar-refractivity contribution in [2.24, 2.45) is 5.73 Å². The van der Waals surface area contributed by atoms with E-state index < -0.39 is 5.97 Å². The molecule has 1 heterocycles. The number of amides is 1. The van der Waals surface area contributed by atoms with Gasteiger partial charge in [-0.3, -0.25) is 14.5 Å². The number of carboxylic acids is 1. The van der Waals surface area contributed by atoms with Gasteiger partial charge in [0.15, 0.2) is 0 Å². The second kappa shape index (κ2) is 6.76. The molecule has 1 amide bonds. The maximum atomic E-state index is 11.3. The summed E-state index contributed by atoms with van der Waals surface area (Å²) in [4.78, 5) is 23.6. The first kappa shape index (κ1) is 16.1. The van der Waals surface area contributed by atoms with Crippen LogP contribution < -0.4 is 5.73 Å². The van der Waals surface area contributed by atoms with E-state index in [9.17, 15) is 9.59 Å². The number of carbonyl (C=O) groups excluding carboxylic acids is 1. The molecule has 0 bridgehead atoms. The van der Waals surface area contributed by atoms with Gasteiger partial charge in [-0.15, -0.1) is 17.0 Å². The number of carbonyl (C=O) groups is 2. The van der Waals surface area contributed by atoms with Crippen molar-refractivity contribution in [3.05, 3.63) is 11.1 Å². The predicted molar refractivity (Wildman–Crippen MR) is 70.1 cm³/mol. The van der Waals surface area contributed by atoms with E-state index in [1.54, 1.807) is 0 Å². The van der Waals surface area contributed by atoms with E-state index in [-0.39, 0.29) is 35.4 Å². The fraction of sp³-hybridized carbons (Fsp3) is 0.636. The van der Waals surface area contributed by atoms with Crippen LogP contribution in [0.5, 0.6) is 0 Å². The molecular weight excluding hydrogens is 288 g/mol. The molecule has 17 heavy (non-hydrogen) atoms. The first-order valence-corrected chi connectivity index (χ1v) is 5.32. The lowest BCUT2D eigenvalue weighted by Gasteiger charge is -2.34. The van der Waals surface area contributed by atoms with Crippen LogP contribution in [0.3, 0.4) is 0 Å². The van der Waals surface area contributed by atoms with Gasteiger partial charge in [-0.1, -0.05) is 11.1 Å². The molecule has 0 radical (unpaired) electrons. The topological polar surface area (TPSA) is 83.6 Å². The van der Waals surface area contributed by atoms with Crippen LogP contribution in [0.2, 0.25) is 0 Å². The molecule has 1 unspecified atom stereocenters. The lowest BCUT2D eigenvalue weighted by molar-refractivity contribution is -0.138. The fourth-order valence-corrected chi connectivity index (χ4v) is 1.90. The third kappa shape index (κ3) is 4.47. The summed E-state index contributed by atoms with van der Waals surface area (Å²) < 4.78 is 0. The van der Waals surface area contributed by atoms with Gasteiger partial charge in [0.05, 0.1) is 12.5 Å². The van der Waals surface area contributed by atoms with E-state index in [1.165, 1.54) is 11.1 Å². The minimum Gasteiger partial charge on any atom is -0.481 e. The molecule has 1 rings (SSSR count). The van der Waals surface area contributed by atoms with Crippen molar-refractivity contribution >= 4 is 28.9 Å². The van der Waals surface area contributed by atoms with Crippen molar-refractivity contribution in [2.45, 2.75) is 32.7 Å². The molecule has 6 heteroatoms. The zero-order valence-electron chi connectivity index (χ0n) is 10.1. The van der Waals surface area contributed by atoms with E-state index >= 15 is 0 Å². The Bertz CT molecular complexity index is 342. The van der Waals surface area contributed by atoms with Crippen LogP contribution in [0.1, 0.15) is 26.7 Å². The molecule has 0 aromatic carbocycles. The van der Waals surface area contributed by atoms with Crippen LogP contribution in [0, 0.1) is 0 Å². The number of nitrogens with two attached hydrogens (primary N) is 1. The molecule has 0 saturated carbocycles. The molecular formula is C11H19BrN2O3. The van der Waals surface area contributed by atoms with Gasteiger partial charge in [0.1, 0.15) is 0 Å². The van der Waals surface area contributed by atoms with E-state index in [1.807, 2.05) is 18.7 Å². The van der Waals surface area contributed by atoms with Gasteiger partial charge in [0.2, 0.25) is 5.91 Å². The van der Waals surface area contributed by atoms with Crippen molar-refractivity contribution in [3.8, 4) is 0 Å². The summed E-state index contributed by atoms with van der Waals surface area (Å²) >= 11 is 0. The zero-order valence-corrected chi connectivity index (χ0v) is 11.8. The molecule has 1 aliphatic heterocycles. The molecule has 0 fully saturated rings. The molecule has 98 valence electrons. The lowest BCUT2D eigenvalue weighted by Crippen LogP contribution is -2.48. The third-order valence-electron chi connectivity index (χ3n) is 3.05. The molecule has 0 aliphatic carbocycles. The Morgan fingerprint density at radius 1 is 1.41 bits per heavy atom. The normalized spacial score (nSPS) is 20.9. The predicted octanol–water partition coefficient (Wildman–Crippen LogP) is 0.935. The van der Waals surface area contributed by atoms with Crippen LogP contribution in [0.4, 0.5) is 0 Å². The number of hydrogen-bond donors (Lipinski definition) is 2. The average molecular weight is 307 g/mol. The molecule has 0 spiro atoms. The highest BCUT2D eigenvalue weighted by Crippen LogP contribution is 2.22. The number of primary amides is 1. The fourth-order valence-electron chi connectivity index (χ4n) is 1.90. The van der Waals surface area contributed by atoms with E-state index in [0.29, 0.717) is 19.5 Å². The van der Waals surface area contributed by atoms with Gasteiger partial charge in [-0.2, -0.15) is 0 Å². The summed E-state index contributed by atoms with van der Waals surface area (Å²) in [5, 5.41) is 8.63. The van der Waals surface area contributed by atoms with Gasteiger partial charge >= 0.3 is 5.97 Å². The van der Waals surface area contributed by atoms with Crippen LogP contribution in [-0.2, 0) is 9.59 Å². The SMILES string of the molecule is Br.CC1=C(C)CN(CCC(=O)O)C(C(N)=O)C1. The monoisotopic (exact) mass is 306 g/mol. The Balaban J connectivity index is 0.00000256. The quantitative estimate of drug-likeness (QED) is 0.757. The zero-order chi connectivity index (χ0) is 12.3. The number of aliphatic carboxylic acids is 1. The molecule has 3 N–H and O–H groups in total. The maximum absolute atomic E-state index is 11.3. The van der Waals surface area contributed by atoms with Crippen LogP contribution in [0.15, 0.2) is 11.1 Å². The Morgan fingerprint density at radius 3 is 2.47 bits per heavy atom. The Labute approximate surface area is 111 Å². The largest absolute Gasteiger partial charge is 0.481 e. The summed E-state index contributed by atoms with van der Waals surface area (Å²) in [6.07, 6.45) is 0.650. The molecule has 1 aliphatic rings. The standard InChI is InChI=1S/C11H18N2O3.BrH/c1-7-5-9(11(12)16)13(6-8(7)2)4-3-10(14)15;/h9H,3-6H2,1-2H3,(H2,12,16)(H,14,15);1H. The first-order chi connectivity index (χ1) is 7.41. The minimum atomic E-state index is -0.854. The van der Waals surface area contributed by atoms with Crippen molar-refractivity contribution in [1.29, 1.82) is 0 Å². The van der Waals surface area contributed by atoms with Crippen molar-refractivity contribution in [2.75, 3.05) is 13.1 Å². The summed E-state index contributed by atoms with van der Waals surface area (Å²) in [6, 6.07) is -0.358. The van der Waals surface area contributed by atoms with Gasteiger partial charge in [0, 0.05) is 13.1 Å². The molecule has 1 atom stereocenters. The summed E-state index contributed by atoms with van der Waals surface area (Å²) in [5.74, 6) is -1.23. The van der Waals surface area contributed by atoms with Crippen LogP contribution in [-0.4, -0.2) is 41.0 Å². The van der Waals surface area contributed by atoms with Crippen molar-refractivity contribution < 1.29 is 14.7 Å². The van der Waals surface area contributed by atoms with E-state index in [2.05, 4.69) is 0 Å². The average Bonchev–Trinajstić information content (AvgIpc) is 2.18. The second-order valence-electron chi connectivity index (χ2n) is 4.30. The third-order valence-corrected chi connectivity index (χ3v) is 3.05. The first-order valence-electron chi connectivity index (χ1n) is 5.32. The maximum Gasteiger partial charge on any atom is 0.304 e. The molecule has 0 saturated heterocycles. The van der Waals surface area contributed by atoms with E-state index in [0.717, 1.165) is 0 Å². The highest BCUT2D eigenvalue weighted by molar-refractivity contribution is 8.93. The lowest BCUT2D eigenvalue weighted by atomic mass is 9.95. The number of carboxylic acid groups (broad SMARTS) is 1. The van der Waals surface area contributed by atoms with Gasteiger partial charge < -0.3 is 10.8 Å². The highest BCUT2D eigenvalue weighted by atomic mass is 79.9. The summed E-state index contributed by atoms with van der Waals surface area (Å²) in [6.45, 7) is 4.99. The van der Waals surface area contributed by atoms with Gasteiger partial charge in [0.25, 0.3) is 0 Å². The Kier molecular flexibility index (Phi) is 6.41. The van der Waals surface area contributed by atoms with Crippen LogP contribution >= 0.6 is 17.0 Å². The van der Waals surface area contributed by atoms with Gasteiger partial charge in [-0.25, -0.2) is 0 Å². The number of hydrogen-bond acceptors (Lipinski definition) is 3. The number of halogens is 1. The summed E-state index contributed by atoms with van der Waals surface area (Å²) in [5.41, 5.74) is 7.69.